The van der Waals surface area contributed by atoms with Gasteiger partial charge in [0, 0.05) is 17.2 Å². The lowest BCUT2D eigenvalue weighted by Crippen LogP contribution is -2.31. The first-order valence-corrected chi connectivity index (χ1v) is 8.71. The lowest BCUT2D eigenvalue weighted by atomic mass is 9.97. The first-order valence-electron chi connectivity index (χ1n) is 8.71. The van der Waals surface area contributed by atoms with Crippen molar-refractivity contribution in [3.05, 3.63) is 69.0 Å². The largest absolute Gasteiger partial charge is 0.356 e. The highest BCUT2D eigenvalue weighted by atomic mass is 16.5. The molecular formula is C20H18N4O2. The van der Waals surface area contributed by atoms with E-state index in [1.165, 1.54) is 0 Å². The van der Waals surface area contributed by atoms with Gasteiger partial charge in [-0.25, -0.2) is 4.98 Å². The van der Waals surface area contributed by atoms with E-state index >= 15 is 0 Å². The minimum Gasteiger partial charge on any atom is -0.356 e. The van der Waals surface area contributed by atoms with Crippen LogP contribution in [-0.4, -0.2) is 14.7 Å². The Morgan fingerprint density at radius 1 is 1.27 bits per heavy atom. The van der Waals surface area contributed by atoms with Crippen molar-refractivity contribution in [2.24, 2.45) is 0 Å². The van der Waals surface area contributed by atoms with E-state index in [1.54, 1.807) is 22.8 Å². The lowest BCUT2D eigenvalue weighted by Gasteiger charge is -2.17. The molecular weight excluding hydrogens is 328 g/mol. The SMILES string of the molecule is Cc1nc2c(c(=O)n1Cc1cc(-c3ccccc3C#N)on1)CCCC2. The van der Waals surface area contributed by atoms with E-state index in [4.69, 9.17) is 4.52 Å². The number of aryl methyl sites for hydroxylation is 2. The second kappa shape index (κ2) is 6.60. The van der Waals surface area contributed by atoms with Gasteiger partial charge in [-0.05, 0) is 44.7 Å². The average Bonchev–Trinajstić information content (AvgIpc) is 3.13. The van der Waals surface area contributed by atoms with Crippen LogP contribution in [0.5, 0.6) is 0 Å². The van der Waals surface area contributed by atoms with Crippen molar-refractivity contribution >= 4 is 0 Å². The number of hydrogen-bond acceptors (Lipinski definition) is 5. The first kappa shape index (κ1) is 16.3. The van der Waals surface area contributed by atoms with E-state index in [9.17, 15) is 10.1 Å². The fraction of sp³-hybridized carbons (Fsp3) is 0.300. The van der Waals surface area contributed by atoms with Crippen LogP contribution in [0.2, 0.25) is 0 Å². The van der Waals surface area contributed by atoms with Gasteiger partial charge in [-0.15, -0.1) is 0 Å². The Bertz CT molecular complexity index is 1070. The van der Waals surface area contributed by atoms with Crippen LogP contribution in [0.25, 0.3) is 11.3 Å². The van der Waals surface area contributed by atoms with Gasteiger partial charge in [0.2, 0.25) is 0 Å². The Balaban J connectivity index is 1.69. The van der Waals surface area contributed by atoms with E-state index in [2.05, 4.69) is 16.2 Å². The molecule has 0 N–H and O–H groups in total. The van der Waals surface area contributed by atoms with E-state index in [-0.39, 0.29) is 5.56 Å². The van der Waals surface area contributed by atoms with Gasteiger partial charge in [0.25, 0.3) is 5.56 Å². The standard InChI is InChI=1S/C20H18N4O2/c1-13-22-18-9-5-4-8-17(18)20(25)24(13)12-15-10-19(26-23-15)16-7-3-2-6-14(16)11-21/h2-3,6-7,10H,4-5,8-9,12H2,1H3. The van der Waals surface area contributed by atoms with Crippen LogP contribution < -0.4 is 5.56 Å². The highest BCUT2D eigenvalue weighted by molar-refractivity contribution is 5.65. The van der Waals surface area contributed by atoms with Crippen LogP contribution in [0.3, 0.4) is 0 Å². The molecule has 0 aliphatic heterocycles. The summed E-state index contributed by atoms with van der Waals surface area (Å²) in [7, 11) is 0. The van der Waals surface area contributed by atoms with Crippen molar-refractivity contribution in [2.75, 3.05) is 0 Å². The maximum absolute atomic E-state index is 12.8. The molecule has 6 nitrogen and oxygen atoms in total. The fourth-order valence-electron chi connectivity index (χ4n) is 3.47. The van der Waals surface area contributed by atoms with Crippen molar-refractivity contribution in [3.63, 3.8) is 0 Å². The Labute approximate surface area is 150 Å². The predicted octanol–water partition coefficient (Wildman–Crippen LogP) is 3.01. The van der Waals surface area contributed by atoms with Crippen LogP contribution in [0.1, 0.15) is 41.2 Å². The molecule has 6 heteroatoms. The van der Waals surface area contributed by atoms with Crippen LogP contribution in [0.4, 0.5) is 0 Å². The van der Waals surface area contributed by atoms with Gasteiger partial charge in [0.1, 0.15) is 11.5 Å². The highest BCUT2D eigenvalue weighted by Crippen LogP contribution is 2.24. The minimum atomic E-state index is 0.0224. The van der Waals surface area contributed by atoms with Crippen molar-refractivity contribution in [3.8, 4) is 17.4 Å². The highest BCUT2D eigenvalue weighted by Gasteiger charge is 2.19. The number of nitrogens with zero attached hydrogens (tertiary/aromatic N) is 4. The molecule has 0 amide bonds. The summed E-state index contributed by atoms with van der Waals surface area (Å²) in [6.07, 6.45) is 3.80. The monoisotopic (exact) mass is 346 g/mol. The molecule has 1 aliphatic rings. The van der Waals surface area contributed by atoms with Gasteiger partial charge in [-0.2, -0.15) is 5.26 Å². The number of fused-ring (bicyclic) bond motifs is 1. The van der Waals surface area contributed by atoms with Crippen molar-refractivity contribution < 1.29 is 4.52 Å². The van der Waals surface area contributed by atoms with Crippen LogP contribution in [0, 0.1) is 18.3 Å². The quantitative estimate of drug-likeness (QED) is 0.728. The van der Waals surface area contributed by atoms with E-state index in [0.29, 0.717) is 35.0 Å². The summed E-state index contributed by atoms with van der Waals surface area (Å²) in [4.78, 5) is 17.5. The number of rotatable bonds is 3. The van der Waals surface area contributed by atoms with Crippen LogP contribution in [0.15, 0.2) is 39.6 Å². The molecule has 130 valence electrons. The van der Waals surface area contributed by atoms with Gasteiger partial charge in [0.15, 0.2) is 5.76 Å². The Morgan fingerprint density at radius 3 is 2.92 bits per heavy atom. The van der Waals surface area contributed by atoms with E-state index in [1.807, 2.05) is 19.1 Å². The van der Waals surface area contributed by atoms with Gasteiger partial charge in [-0.3, -0.25) is 9.36 Å². The summed E-state index contributed by atoms with van der Waals surface area (Å²) in [5.41, 5.74) is 3.66. The maximum atomic E-state index is 12.8. The van der Waals surface area contributed by atoms with Gasteiger partial charge < -0.3 is 4.52 Å². The molecule has 0 spiro atoms. The summed E-state index contributed by atoms with van der Waals surface area (Å²) >= 11 is 0. The Hall–Kier alpha value is -3.20. The molecule has 1 aliphatic carbocycles. The molecule has 0 saturated heterocycles. The molecule has 4 rings (SSSR count). The second-order valence-electron chi connectivity index (χ2n) is 6.52. The van der Waals surface area contributed by atoms with E-state index in [0.717, 1.165) is 36.9 Å². The molecule has 2 heterocycles. The molecule has 0 bridgehead atoms. The van der Waals surface area contributed by atoms with Gasteiger partial charge in [0.05, 0.1) is 23.9 Å². The third-order valence-electron chi connectivity index (χ3n) is 4.82. The van der Waals surface area contributed by atoms with Crippen LogP contribution in [-0.2, 0) is 19.4 Å². The lowest BCUT2D eigenvalue weighted by molar-refractivity contribution is 0.419. The van der Waals surface area contributed by atoms with E-state index < -0.39 is 0 Å². The summed E-state index contributed by atoms with van der Waals surface area (Å²) in [6, 6.07) is 11.1. The topological polar surface area (TPSA) is 84.7 Å². The molecule has 0 fully saturated rings. The average molecular weight is 346 g/mol. The second-order valence-corrected chi connectivity index (χ2v) is 6.52. The third kappa shape index (κ3) is 2.82. The molecule has 1 aromatic carbocycles. The molecule has 2 aromatic heterocycles. The Morgan fingerprint density at radius 2 is 2.08 bits per heavy atom. The molecule has 0 saturated carbocycles. The fourth-order valence-corrected chi connectivity index (χ4v) is 3.47. The molecule has 3 aromatic rings. The molecule has 0 atom stereocenters. The van der Waals surface area contributed by atoms with Crippen molar-refractivity contribution in [2.45, 2.75) is 39.2 Å². The zero-order valence-corrected chi connectivity index (χ0v) is 14.5. The molecule has 0 radical (unpaired) electrons. The summed E-state index contributed by atoms with van der Waals surface area (Å²) in [5.74, 6) is 1.21. The zero-order valence-electron chi connectivity index (χ0n) is 14.5. The predicted molar refractivity (Wildman–Crippen MR) is 95.6 cm³/mol. The summed E-state index contributed by atoms with van der Waals surface area (Å²) < 4.78 is 7.08. The summed E-state index contributed by atoms with van der Waals surface area (Å²) in [6.45, 7) is 2.16. The number of hydrogen-bond donors (Lipinski definition) is 0. The molecule has 26 heavy (non-hydrogen) atoms. The minimum absolute atomic E-state index is 0.0224. The van der Waals surface area contributed by atoms with Gasteiger partial charge in [-0.1, -0.05) is 17.3 Å². The first-order chi connectivity index (χ1) is 12.7. The van der Waals surface area contributed by atoms with Crippen LogP contribution >= 0.6 is 0 Å². The number of nitriles is 1. The zero-order chi connectivity index (χ0) is 18.1. The normalized spacial score (nSPS) is 13.2. The third-order valence-corrected chi connectivity index (χ3v) is 4.82. The smallest absolute Gasteiger partial charge is 0.257 e. The van der Waals surface area contributed by atoms with Gasteiger partial charge >= 0.3 is 0 Å². The summed E-state index contributed by atoms with van der Waals surface area (Å²) in [5, 5.41) is 13.3. The maximum Gasteiger partial charge on any atom is 0.257 e. The van der Waals surface area contributed by atoms with Crippen molar-refractivity contribution in [1.82, 2.24) is 14.7 Å². The number of benzene rings is 1. The Kier molecular flexibility index (Phi) is 4.13. The van der Waals surface area contributed by atoms with Crippen molar-refractivity contribution in [1.29, 1.82) is 5.26 Å². The molecule has 0 unspecified atom stereocenters. The number of aromatic nitrogens is 3.